The van der Waals surface area contributed by atoms with Gasteiger partial charge in [0.25, 0.3) is 0 Å². The van der Waals surface area contributed by atoms with E-state index in [2.05, 4.69) is 13.8 Å². The lowest BCUT2D eigenvalue weighted by Gasteiger charge is -2.11. The molecule has 0 amide bonds. The third-order valence-electron chi connectivity index (χ3n) is 2.88. The number of methoxy groups -OCH3 is 1. The molecular weight excluding hydrogens is 247 g/mol. The van der Waals surface area contributed by atoms with Gasteiger partial charge in [-0.05, 0) is 30.5 Å². The van der Waals surface area contributed by atoms with Crippen molar-refractivity contribution >= 4 is 5.78 Å². The van der Waals surface area contributed by atoms with Crippen molar-refractivity contribution in [2.75, 3.05) is 20.3 Å². The second kappa shape index (κ2) is 7.89. The van der Waals surface area contributed by atoms with E-state index in [1.807, 2.05) is 0 Å². The first kappa shape index (κ1) is 15.6. The van der Waals surface area contributed by atoms with Gasteiger partial charge in [-0.3, -0.25) is 4.79 Å². The summed E-state index contributed by atoms with van der Waals surface area (Å²) >= 11 is 0. The summed E-state index contributed by atoms with van der Waals surface area (Å²) in [5, 5.41) is 0. The number of hydrogen-bond donors (Lipinski definition) is 0. The Kier molecular flexibility index (Phi) is 6.50. The Hall–Kier alpha value is -1.42. The van der Waals surface area contributed by atoms with Crippen LogP contribution in [0.5, 0.6) is 5.75 Å². The fourth-order valence-electron chi connectivity index (χ4n) is 1.90. The highest BCUT2D eigenvalue weighted by atomic mass is 19.1. The van der Waals surface area contributed by atoms with Crippen LogP contribution in [-0.4, -0.2) is 26.1 Å². The van der Waals surface area contributed by atoms with Crippen LogP contribution >= 0.6 is 0 Å². The molecule has 1 atom stereocenters. The molecule has 0 aliphatic rings. The first-order valence-electron chi connectivity index (χ1n) is 6.53. The summed E-state index contributed by atoms with van der Waals surface area (Å²) in [7, 11) is 1.45. The summed E-state index contributed by atoms with van der Waals surface area (Å²) in [4.78, 5) is 11.9. The Morgan fingerprint density at radius 1 is 1.42 bits per heavy atom. The summed E-state index contributed by atoms with van der Waals surface area (Å²) in [6.07, 6.45) is 2.16. The van der Waals surface area contributed by atoms with Gasteiger partial charge in [-0.25, -0.2) is 4.39 Å². The van der Waals surface area contributed by atoms with Crippen LogP contribution in [0.15, 0.2) is 18.2 Å². The van der Waals surface area contributed by atoms with Crippen LogP contribution in [0.4, 0.5) is 4.39 Å². The molecular formula is C15H21FO3. The van der Waals surface area contributed by atoms with Crippen molar-refractivity contribution < 1.29 is 18.7 Å². The van der Waals surface area contributed by atoms with Crippen molar-refractivity contribution in [2.24, 2.45) is 5.92 Å². The van der Waals surface area contributed by atoms with E-state index in [1.54, 1.807) is 0 Å². The second-order valence-electron chi connectivity index (χ2n) is 4.68. The Labute approximate surface area is 113 Å². The van der Waals surface area contributed by atoms with Crippen LogP contribution < -0.4 is 4.74 Å². The minimum absolute atomic E-state index is 0.0478. The SMILES string of the molecule is CCCC(C)COCC(=O)c1cc(F)ccc1OC. The lowest BCUT2D eigenvalue weighted by Crippen LogP contribution is -2.14. The zero-order chi connectivity index (χ0) is 14.3. The normalized spacial score (nSPS) is 12.2. The van der Waals surface area contributed by atoms with Gasteiger partial charge in [0.1, 0.15) is 18.2 Å². The van der Waals surface area contributed by atoms with Crippen molar-refractivity contribution in [3.8, 4) is 5.75 Å². The molecule has 0 fully saturated rings. The summed E-state index contributed by atoms with van der Waals surface area (Å²) in [5.74, 6) is 0.0763. The minimum atomic E-state index is -0.455. The van der Waals surface area contributed by atoms with Crippen LogP contribution in [0, 0.1) is 11.7 Å². The van der Waals surface area contributed by atoms with Gasteiger partial charge in [0, 0.05) is 6.61 Å². The molecule has 1 unspecified atom stereocenters. The number of carbonyl (C=O) groups excluding carboxylic acids is 1. The molecule has 106 valence electrons. The van der Waals surface area contributed by atoms with E-state index < -0.39 is 5.82 Å². The molecule has 0 aliphatic carbocycles. The summed E-state index contributed by atoms with van der Waals surface area (Å²) < 4.78 is 23.6. The number of benzene rings is 1. The van der Waals surface area contributed by atoms with Crippen LogP contribution in [0.25, 0.3) is 0 Å². The lowest BCUT2D eigenvalue weighted by atomic mass is 10.1. The van der Waals surface area contributed by atoms with E-state index in [9.17, 15) is 9.18 Å². The Balaban J connectivity index is 2.56. The van der Waals surface area contributed by atoms with Gasteiger partial charge >= 0.3 is 0 Å². The molecule has 0 saturated heterocycles. The molecule has 1 aromatic rings. The zero-order valence-corrected chi connectivity index (χ0v) is 11.7. The monoisotopic (exact) mass is 268 g/mol. The lowest BCUT2D eigenvalue weighted by molar-refractivity contribution is 0.0680. The molecule has 4 heteroatoms. The van der Waals surface area contributed by atoms with Crippen molar-refractivity contribution in [3.63, 3.8) is 0 Å². The van der Waals surface area contributed by atoms with E-state index in [0.717, 1.165) is 12.8 Å². The third kappa shape index (κ3) is 4.99. The van der Waals surface area contributed by atoms with Crippen molar-refractivity contribution in [2.45, 2.75) is 26.7 Å². The smallest absolute Gasteiger partial charge is 0.192 e. The quantitative estimate of drug-likeness (QED) is 0.677. The van der Waals surface area contributed by atoms with E-state index in [-0.39, 0.29) is 18.0 Å². The molecule has 0 radical (unpaired) electrons. The number of ether oxygens (including phenoxy) is 2. The summed E-state index contributed by atoms with van der Waals surface area (Å²) in [6, 6.07) is 3.89. The van der Waals surface area contributed by atoms with Crippen molar-refractivity contribution in [1.29, 1.82) is 0 Å². The number of hydrogen-bond acceptors (Lipinski definition) is 3. The number of Topliss-reactive ketones (excluding diaryl/α,β-unsaturated/α-hetero) is 1. The number of ketones is 1. The predicted molar refractivity (Wildman–Crippen MR) is 72.2 cm³/mol. The number of halogens is 1. The Bertz CT molecular complexity index is 418. The fourth-order valence-corrected chi connectivity index (χ4v) is 1.90. The maximum atomic E-state index is 13.1. The highest BCUT2D eigenvalue weighted by molar-refractivity contribution is 5.99. The molecule has 1 rings (SSSR count). The molecule has 3 nitrogen and oxygen atoms in total. The van der Waals surface area contributed by atoms with Crippen LogP contribution in [0.1, 0.15) is 37.0 Å². The molecule has 0 N–H and O–H groups in total. The Morgan fingerprint density at radius 2 is 2.16 bits per heavy atom. The second-order valence-corrected chi connectivity index (χ2v) is 4.68. The average Bonchev–Trinajstić information content (AvgIpc) is 2.38. The topological polar surface area (TPSA) is 35.5 Å². The third-order valence-corrected chi connectivity index (χ3v) is 2.88. The standard InChI is InChI=1S/C15H21FO3/c1-4-5-11(2)9-19-10-14(17)13-8-12(16)6-7-15(13)18-3/h6-8,11H,4-5,9-10H2,1-3H3. The summed E-state index contributed by atoms with van der Waals surface area (Å²) in [5.41, 5.74) is 0.227. The molecule has 0 bridgehead atoms. The molecule has 19 heavy (non-hydrogen) atoms. The van der Waals surface area contributed by atoms with Gasteiger partial charge in [0.2, 0.25) is 0 Å². The maximum Gasteiger partial charge on any atom is 0.192 e. The number of rotatable bonds is 8. The van der Waals surface area contributed by atoms with Gasteiger partial charge < -0.3 is 9.47 Å². The largest absolute Gasteiger partial charge is 0.496 e. The van der Waals surface area contributed by atoms with Gasteiger partial charge in [0.05, 0.1) is 12.7 Å². The predicted octanol–water partition coefficient (Wildman–Crippen LogP) is 3.47. The first-order chi connectivity index (χ1) is 9.08. The molecule has 0 saturated carbocycles. The molecule has 0 spiro atoms. The van der Waals surface area contributed by atoms with E-state index >= 15 is 0 Å². The number of carbonyl (C=O) groups is 1. The molecule has 0 heterocycles. The van der Waals surface area contributed by atoms with Crippen molar-refractivity contribution in [1.82, 2.24) is 0 Å². The van der Waals surface area contributed by atoms with Gasteiger partial charge in [-0.1, -0.05) is 20.3 Å². The highest BCUT2D eigenvalue weighted by Gasteiger charge is 2.14. The van der Waals surface area contributed by atoms with Crippen LogP contribution in [0.3, 0.4) is 0 Å². The van der Waals surface area contributed by atoms with Gasteiger partial charge in [-0.15, -0.1) is 0 Å². The van der Waals surface area contributed by atoms with E-state index in [0.29, 0.717) is 18.3 Å². The molecule has 0 aliphatic heterocycles. The highest BCUT2D eigenvalue weighted by Crippen LogP contribution is 2.20. The molecule has 0 aromatic heterocycles. The van der Waals surface area contributed by atoms with Gasteiger partial charge in [0.15, 0.2) is 5.78 Å². The zero-order valence-electron chi connectivity index (χ0n) is 11.7. The van der Waals surface area contributed by atoms with Crippen LogP contribution in [0.2, 0.25) is 0 Å². The van der Waals surface area contributed by atoms with Crippen molar-refractivity contribution in [3.05, 3.63) is 29.6 Å². The first-order valence-corrected chi connectivity index (χ1v) is 6.53. The Morgan fingerprint density at radius 3 is 2.79 bits per heavy atom. The minimum Gasteiger partial charge on any atom is -0.496 e. The summed E-state index contributed by atoms with van der Waals surface area (Å²) in [6.45, 7) is 4.68. The van der Waals surface area contributed by atoms with Gasteiger partial charge in [-0.2, -0.15) is 0 Å². The van der Waals surface area contributed by atoms with E-state index in [4.69, 9.17) is 9.47 Å². The average molecular weight is 268 g/mol. The van der Waals surface area contributed by atoms with Crippen LogP contribution in [-0.2, 0) is 4.74 Å². The van der Waals surface area contributed by atoms with E-state index in [1.165, 1.54) is 25.3 Å². The molecule has 1 aromatic carbocycles. The maximum absolute atomic E-state index is 13.1. The fraction of sp³-hybridized carbons (Fsp3) is 0.533.